The van der Waals surface area contributed by atoms with E-state index in [0.29, 0.717) is 25.2 Å². The summed E-state index contributed by atoms with van der Waals surface area (Å²) < 4.78 is 38.2. The van der Waals surface area contributed by atoms with Gasteiger partial charge in [0.25, 0.3) is 0 Å². The zero-order chi connectivity index (χ0) is 14.0. The second kappa shape index (κ2) is 5.28. The number of aliphatic hydroxyl groups is 1. The van der Waals surface area contributed by atoms with Crippen molar-refractivity contribution in [3.63, 3.8) is 0 Å². The Morgan fingerprint density at radius 3 is 2.58 bits per heavy atom. The van der Waals surface area contributed by atoms with E-state index in [4.69, 9.17) is 5.11 Å². The molecule has 0 radical (unpaired) electrons. The third kappa shape index (κ3) is 2.94. The number of hydrogen-bond donors (Lipinski definition) is 1. The number of alkyl halides is 3. The number of aliphatic hydroxyl groups excluding tert-OH is 1. The summed E-state index contributed by atoms with van der Waals surface area (Å²) in [6.45, 7) is 2.18. The SMILES string of the molecule is CN1CCN(CCCO)c2ccc(C(F)(F)F)cc21. The molecule has 2 rings (SSSR count). The number of nitrogens with zero attached hydrogens (tertiary/aromatic N) is 2. The number of rotatable bonds is 3. The molecule has 1 N–H and O–H groups in total. The monoisotopic (exact) mass is 274 g/mol. The van der Waals surface area contributed by atoms with Crippen LogP contribution >= 0.6 is 0 Å². The zero-order valence-electron chi connectivity index (χ0n) is 10.7. The number of halogens is 3. The molecule has 1 aliphatic heterocycles. The largest absolute Gasteiger partial charge is 0.416 e. The van der Waals surface area contributed by atoms with Crippen molar-refractivity contribution in [1.29, 1.82) is 0 Å². The van der Waals surface area contributed by atoms with Crippen LogP contribution in [0, 0.1) is 0 Å². The summed E-state index contributed by atoms with van der Waals surface area (Å²) >= 11 is 0. The van der Waals surface area contributed by atoms with Crippen LogP contribution in [-0.2, 0) is 6.18 Å². The minimum absolute atomic E-state index is 0.0856. The number of benzene rings is 1. The van der Waals surface area contributed by atoms with E-state index >= 15 is 0 Å². The summed E-state index contributed by atoms with van der Waals surface area (Å²) in [6.07, 6.45) is -3.70. The molecule has 0 unspecified atom stereocenters. The third-order valence-electron chi connectivity index (χ3n) is 3.35. The first-order valence-electron chi connectivity index (χ1n) is 6.21. The van der Waals surface area contributed by atoms with Crippen LogP contribution in [0.2, 0.25) is 0 Å². The fourth-order valence-corrected chi connectivity index (χ4v) is 2.28. The summed E-state index contributed by atoms with van der Waals surface area (Å²) in [4.78, 5) is 3.85. The van der Waals surface area contributed by atoms with Crippen LogP contribution in [0.3, 0.4) is 0 Å². The van der Waals surface area contributed by atoms with Gasteiger partial charge in [-0.15, -0.1) is 0 Å². The average molecular weight is 274 g/mol. The maximum Gasteiger partial charge on any atom is 0.416 e. The van der Waals surface area contributed by atoms with Crippen molar-refractivity contribution in [3.05, 3.63) is 23.8 Å². The Balaban J connectivity index is 2.33. The van der Waals surface area contributed by atoms with Crippen LogP contribution in [0.1, 0.15) is 12.0 Å². The van der Waals surface area contributed by atoms with Gasteiger partial charge in [-0.3, -0.25) is 0 Å². The van der Waals surface area contributed by atoms with Gasteiger partial charge in [0.05, 0.1) is 16.9 Å². The second-order valence-corrected chi connectivity index (χ2v) is 4.69. The molecule has 19 heavy (non-hydrogen) atoms. The molecule has 0 amide bonds. The molecule has 106 valence electrons. The molecule has 1 aromatic carbocycles. The van der Waals surface area contributed by atoms with Crippen molar-refractivity contribution in [2.75, 3.05) is 43.1 Å². The quantitative estimate of drug-likeness (QED) is 0.916. The maximum atomic E-state index is 12.7. The number of hydrogen-bond acceptors (Lipinski definition) is 3. The Bertz CT molecular complexity index is 448. The van der Waals surface area contributed by atoms with E-state index in [-0.39, 0.29) is 6.61 Å². The fraction of sp³-hybridized carbons (Fsp3) is 0.538. The van der Waals surface area contributed by atoms with Crippen LogP contribution in [0.15, 0.2) is 18.2 Å². The first-order valence-corrected chi connectivity index (χ1v) is 6.21. The number of likely N-dealkylation sites (N-methyl/N-ethyl adjacent to an activating group) is 1. The molecule has 3 nitrogen and oxygen atoms in total. The molecule has 0 aliphatic carbocycles. The predicted molar refractivity (Wildman–Crippen MR) is 68.6 cm³/mol. The first kappa shape index (κ1) is 14.0. The van der Waals surface area contributed by atoms with Crippen molar-refractivity contribution in [1.82, 2.24) is 0 Å². The lowest BCUT2D eigenvalue weighted by atomic mass is 10.1. The molecule has 6 heteroatoms. The topological polar surface area (TPSA) is 26.7 Å². The van der Waals surface area contributed by atoms with Crippen LogP contribution < -0.4 is 9.80 Å². The smallest absolute Gasteiger partial charge is 0.396 e. The molecule has 0 spiro atoms. The van der Waals surface area contributed by atoms with E-state index < -0.39 is 11.7 Å². The van der Waals surface area contributed by atoms with Crippen molar-refractivity contribution < 1.29 is 18.3 Å². The third-order valence-corrected chi connectivity index (χ3v) is 3.35. The normalized spacial score (nSPS) is 15.6. The Morgan fingerprint density at radius 2 is 1.95 bits per heavy atom. The van der Waals surface area contributed by atoms with Gasteiger partial charge in [-0.25, -0.2) is 0 Å². The van der Waals surface area contributed by atoms with Gasteiger partial charge >= 0.3 is 6.18 Å². The Labute approximate surface area is 110 Å². The van der Waals surface area contributed by atoms with Crippen molar-refractivity contribution in [2.45, 2.75) is 12.6 Å². The molecular formula is C13H17F3N2O. The number of anilines is 2. The lowest BCUT2D eigenvalue weighted by molar-refractivity contribution is -0.137. The minimum atomic E-state index is -4.32. The molecule has 0 saturated heterocycles. The Hall–Kier alpha value is -1.43. The molecule has 1 aliphatic rings. The highest BCUT2D eigenvalue weighted by Crippen LogP contribution is 2.38. The van der Waals surface area contributed by atoms with Crippen LogP contribution in [0.4, 0.5) is 24.5 Å². The summed E-state index contributed by atoms with van der Waals surface area (Å²) in [5.41, 5.74) is 0.774. The minimum Gasteiger partial charge on any atom is -0.396 e. The predicted octanol–water partition coefficient (Wildman–Crippen LogP) is 2.34. The molecular weight excluding hydrogens is 257 g/mol. The first-order chi connectivity index (χ1) is 8.93. The maximum absolute atomic E-state index is 12.7. The van der Waals surface area contributed by atoms with E-state index in [1.807, 2.05) is 9.80 Å². The summed E-state index contributed by atoms with van der Waals surface area (Å²) in [5.74, 6) is 0. The van der Waals surface area contributed by atoms with E-state index in [1.165, 1.54) is 12.1 Å². The van der Waals surface area contributed by atoms with Crippen molar-refractivity contribution >= 4 is 11.4 Å². The standard InChI is InChI=1S/C13H17F3N2O/c1-17-6-7-18(5-2-8-19)11-4-3-10(9-12(11)17)13(14,15)16/h3-4,9,19H,2,5-8H2,1H3. The van der Waals surface area contributed by atoms with Crippen LogP contribution in [-0.4, -0.2) is 38.4 Å². The van der Waals surface area contributed by atoms with Gasteiger partial charge < -0.3 is 14.9 Å². The van der Waals surface area contributed by atoms with Crippen LogP contribution in [0.5, 0.6) is 0 Å². The molecule has 0 bridgehead atoms. The van der Waals surface area contributed by atoms with Crippen molar-refractivity contribution in [2.24, 2.45) is 0 Å². The summed E-state index contributed by atoms with van der Waals surface area (Å²) in [7, 11) is 1.79. The molecule has 0 saturated carbocycles. The molecule has 0 fully saturated rings. The van der Waals surface area contributed by atoms with Gasteiger partial charge in [0.2, 0.25) is 0 Å². The molecule has 0 aromatic heterocycles. The van der Waals surface area contributed by atoms with Gasteiger partial charge in [0.15, 0.2) is 0 Å². The van der Waals surface area contributed by atoms with E-state index in [9.17, 15) is 13.2 Å². The zero-order valence-corrected chi connectivity index (χ0v) is 10.7. The molecule has 0 atom stereocenters. The fourth-order valence-electron chi connectivity index (χ4n) is 2.28. The lowest BCUT2D eigenvalue weighted by Gasteiger charge is -2.37. The summed E-state index contributed by atoms with van der Waals surface area (Å²) in [6, 6.07) is 3.83. The van der Waals surface area contributed by atoms with Gasteiger partial charge in [-0.05, 0) is 24.6 Å². The highest BCUT2D eigenvalue weighted by Gasteiger charge is 2.32. The van der Waals surface area contributed by atoms with E-state index in [1.54, 1.807) is 7.05 Å². The van der Waals surface area contributed by atoms with Gasteiger partial charge in [-0.1, -0.05) is 0 Å². The van der Waals surface area contributed by atoms with E-state index in [0.717, 1.165) is 18.3 Å². The van der Waals surface area contributed by atoms with Crippen LogP contribution in [0.25, 0.3) is 0 Å². The Kier molecular flexibility index (Phi) is 3.89. The Morgan fingerprint density at radius 1 is 1.21 bits per heavy atom. The molecule has 1 aromatic rings. The average Bonchev–Trinajstić information content (AvgIpc) is 2.37. The number of fused-ring (bicyclic) bond motifs is 1. The van der Waals surface area contributed by atoms with E-state index in [2.05, 4.69) is 0 Å². The van der Waals surface area contributed by atoms with Gasteiger partial charge in [0, 0.05) is 33.3 Å². The van der Waals surface area contributed by atoms with Crippen molar-refractivity contribution in [3.8, 4) is 0 Å². The summed E-state index contributed by atoms with van der Waals surface area (Å²) in [5, 5.41) is 8.86. The molecule has 1 heterocycles. The van der Waals surface area contributed by atoms with Gasteiger partial charge in [0.1, 0.15) is 0 Å². The highest BCUT2D eigenvalue weighted by molar-refractivity contribution is 5.74. The highest BCUT2D eigenvalue weighted by atomic mass is 19.4. The van der Waals surface area contributed by atoms with Gasteiger partial charge in [-0.2, -0.15) is 13.2 Å². The lowest BCUT2D eigenvalue weighted by Crippen LogP contribution is -2.40. The second-order valence-electron chi connectivity index (χ2n) is 4.69.